The molecule has 1 heterocycles. The highest BCUT2D eigenvalue weighted by molar-refractivity contribution is 6.31. The third-order valence-electron chi connectivity index (χ3n) is 4.99. The summed E-state index contributed by atoms with van der Waals surface area (Å²) in [7, 11) is 0. The van der Waals surface area contributed by atoms with Crippen molar-refractivity contribution in [3.05, 3.63) is 28.8 Å². The van der Waals surface area contributed by atoms with Crippen molar-refractivity contribution in [2.75, 3.05) is 11.4 Å². The molecule has 3 heteroatoms. The Balaban J connectivity index is 2.35. The normalized spacial score (nSPS) is 27.7. The summed E-state index contributed by atoms with van der Waals surface area (Å²) in [5.74, 6) is 1.43. The van der Waals surface area contributed by atoms with Crippen molar-refractivity contribution in [3.63, 3.8) is 0 Å². The molecular weight excluding hydrogens is 280 g/mol. The minimum Gasteiger partial charge on any atom is -0.368 e. The van der Waals surface area contributed by atoms with Gasteiger partial charge in [-0.1, -0.05) is 38.4 Å². The standard InChI is InChI=1S/C18H29ClN2/c1-5-15(20)10-16-17(19)7-6-8-18(16)21-11-12(2)9-13(3)14(21)4/h6-8,12-15H,5,9-11,20H2,1-4H3. The van der Waals surface area contributed by atoms with Gasteiger partial charge in [0, 0.05) is 29.3 Å². The fourth-order valence-corrected chi connectivity index (χ4v) is 3.70. The number of benzene rings is 1. The maximum atomic E-state index is 6.49. The molecule has 118 valence electrons. The van der Waals surface area contributed by atoms with E-state index in [4.69, 9.17) is 17.3 Å². The average Bonchev–Trinajstić information content (AvgIpc) is 2.45. The van der Waals surface area contributed by atoms with E-state index >= 15 is 0 Å². The van der Waals surface area contributed by atoms with Crippen LogP contribution in [0.2, 0.25) is 5.02 Å². The molecule has 0 saturated carbocycles. The summed E-state index contributed by atoms with van der Waals surface area (Å²) in [5.41, 5.74) is 8.70. The summed E-state index contributed by atoms with van der Waals surface area (Å²) in [6.45, 7) is 10.3. The molecule has 2 N–H and O–H groups in total. The molecule has 0 bridgehead atoms. The summed E-state index contributed by atoms with van der Waals surface area (Å²) < 4.78 is 0. The molecule has 1 aromatic rings. The second kappa shape index (κ2) is 7.02. The van der Waals surface area contributed by atoms with E-state index in [-0.39, 0.29) is 6.04 Å². The van der Waals surface area contributed by atoms with Crippen LogP contribution in [-0.4, -0.2) is 18.6 Å². The molecule has 1 aliphatic rings. The zero-order valence-electron chi connectivity index (χ0n) is 13.8. The van der Waals surface area contributed by atoms with Crippen molar-refractivity contribution in [2.24, 2.45) is 17.6 Å². The molecule has 0 amide bonds. The summed E-state index contributed by atoms with van der Waals surface area (Å²) in [4.78, 5) is 2.54. The van der Waals surface area contributed by atoms with E-state index in [0.717, 1.165) is 30.3 Å². The molecule has 4 unspecified atom stereocenters. The second-order valence-corrected chi connectivity index (χ2v) is 7.23. The summed E-state index contributed by atoms with van der Waals surface area (Å²) in [6.07, 6.45) is 3.15. The van der Waals surface area contributed by atoms with Crippen LogP contribution < -0.4 is 10.6 Å². The van der Waals surface area contributed by atoms with Gasteiger partial charge < -0.3 is 10.6 Å². The number of halogens is 1. The molecule has 2 nitrogen and oxygen atoms in total. The van der Waals surface area contributed by atoms with Crippen molar-refractivity contribution in [3.8, 4) is 0 Å². The lowest BCUT2D eigenvalue weighted by Crippen LogP contribution is -2.46. The predicted molar refractivity (Wildman–Crippen MR) is 93.2 cm³/mol. The van der Waals surface area contributed by atoms with Crippen LogP contribution in [0.3, 0.4) is 0 Å². The monoisotopic (exact) mass is 308 g/mol. The van der Waals surface area contributed by atoms with Gasteiger partial charge in [-0.25, -0.2) is 0 Å². The van der Waals surface area contributed by atoms with Crippen LogP contribution in [0, 0.1) is 11.8 Å². The topological polar surface area (TPSA) is 29.3 Å². The molecule has 4 atom stereocenters. The highest BCUT2D eigenvalue weighted by Gasteiger charge is 2.30. The molecule has 0 aliphatic carbocycles. The van der Waals surface area contributed by atoms with E-state index in [0.29, 0.717) is 12.0 Å². The van der Waals surface area contributed by atoms with Crippen LogP contribution >= 0.6 is 11.6 Å². The van der Waals surface area contributed by atoms with Gasteiger partial charge >= 0.3 is 0 Å². The molecule has 21 heavy (non-hydrogen) atoms. The van der Waals surface area contributed by atoms with E-state index in [1.54, 1.807) is 0 Å². The maximum Gasteiger partial charge on any atom is 0.0459 e. The molecule has 1 aliphatic heterocycles. The Kier molecular flexibility index (Phi) is 5.56. The summed E-state index contributed by atoms with van der Waals surface area (Å²) in [5, 5.41) is 0.856. The van der Waals surface area contributed by atoms with Gasteiger partial charge in [-0.3, -0.25) is 0 Å². The minimum absolute atomic E-state index is 0.179. The Hall–Kier alpha value is -0.730. The Morgan fingerprint density at radius 3 is 2.71 bits per heavy atom. The average molecular weight is 309 g/mol. The van der Waals surface area contributed by atoms with Crippen LogP contribution in [0.25, 0.3) is 0 Å². The van der Waals surface area contributed by atoms with Gasteiger partial charge in [0.1, 0.15) is 0 Å². The number of hydrogen-bond donors (Lipinski definition) is 1. The Bertz CT molecular complexity index is 474. The fourth-order valence-electron chi connectivity index (χ4n) is 3.46. The first-order chi connectivity index (χ1) is 9.93. The Morgan fingerprint density at radius 1 is 1.33 bits per heavy atom. The van der Waals surface area contributed by atoms with Crippen molar-refractivity contribution in [1.82, 2.24) is 0 Å². The van der Waals surface area contributed by atoms with E-state index in [2.05, 4.69) is 44.7 Å². The van der Waals surface area contributed by atoms with Gasteiger partial charge in [0.05, 0.1) is 0 Å². The number of hydrogen-bond acceptors (Lipinski definition) is 2. The first kappa shape index (κ1) is 16.6. The smallest absolute Gasteiger partial charge is 0.0459 e. The number of nitrogens with zero attached hydrogens (tertiary/aromatic N) is 1. The summed E-state index contributed by atoms with van der Waals surface area (Å²) >= 11 is 6.49. The van der Waals surface area contributed by atoms with Crippen LogP contribution in [0.15, 0.2) is 18.2 Å². The van der Waals surface area contributed by atoms with Crippen molar-refractivity contribution in [2.45, 2.75) is 59.0 Å². The van der Waals surface area contributed by atoms with Gasteiger partial charge in [-0.05, 0) is 55.7 Å². The van der Waals surface area contributed by atoms with Gasteiger partial charge in [0.25, 0.3) is 0 Å². The maximum absolute atomic E-state index is 6.49. The highest BCUT2D eigenvalue weighted by atomic mass is 35.5. The highest BCUT2D eigenvalue weighted by Crippen LogP contribution is 2.36. The zero-order valence-corrected chi connectivity index (χ0v) is 14.5. The molecule has 0 radical (unpaired) electrons. The molecule has 2 rings (SSSR count). The van der Waals surface area contributed by atoms with Crippen molar-refractivity contribution >= 4 is 17.3 Å². The van der Waals surface area contributed by atoms with Crippen molar-refractivity contribution in [1.29, 1.82) is 0 Å². The van der Waals surface area contributed by atoms with E-state index in [1.807, 2.05) is 6.07 Å². The molecule has 1 fully saturated rings. The number of nitrogens with two attached hydrogens (primary N) is 1. The summed E-state index contributed by atoms with van der Waals surface area (Å²) in [6, 6.07) is 7.00. The predicted octanol–water partition coefficient (Wildman–Crippen LogP) is 4.49. The Labute approximate surface area is 134 Å². The molecule has 0 aromatic heterocycles. The first-order valence-corrected chi connectivity index (χ1v) is 8.61. The lowest BCUT2D eigenvalue weighted by atomic mass is 9.85. The first-order valence-electron chi connectivity index (χ1n) is 8.23. The van der Waals surface area contributed by atoms with Crippen LogP contribution in [0.5, 0.6) is 0 Å². The van der Waals surface area contributed by atoms with Crippen LogP contribution in [0.4, 0.5) is 5.69 Å². The second-order valence-electron chi connectivity index (χ2n) is 6.82. The quantitative estimate of drug-likeness (QED) is 0.888. The van der Waals surface area contributed by atoms with Gasteiger partial charge in [0.2, 0.25) is 0 Å². The minimum atomic E-state index is 0.179. The molecule has 1 saturated heterocycles. The molecular formula is C18H29ClN2. The van der Waals surface area contributed by atoms with E-state index in [1.165, 1.54) is 17.7 Å². The third kappa shape index (κ3) is 3.73. The number of rotatable bonds is 4. The van der Waals surface area contributed by atoms with Crippen LogP contribution in [-0.2, 0) is 6.42 Å². The van der Waals surface area contributed by atoms with E-state index < -0.39 is 0 Å². The van der Waals surface area contributed by atoms with E-state index in [9.17, 15) is 0 Å². The SMILES string of the molecule is CCC(N)Cc1c(Cl)cccc1N1CC(C)CC(C)C1C. The van der Waals surface area contributed by atoms with Gasteiger partial charge in [0.15, 0.2) is 0 Å². The number of piperidine rings is 1. The molecule has 1 aromatic carbocycles. The zero-order chi connectivity index (χ0) is 15.6. The number of anilines is 1. The molecule has 0 spiro atoms. The van der Waals surface area contributed by atoms with Crippen molar-refractivity contribution < 1.29 is 0 Å². The lowest BCUT2D eigenvalue weighted by molar-refractivity contribution is 0.296. The lowest BCUT2D eigenvalue weighted by Gasteiger charge is -2.43. The van der Waals surface area contributed by atoms with Gasteiger partial charge in [-0.15, -0.1) is 0 Å². The Morgan fingerprint density at radius 2 is 2.05 bits per heavy atom. The third-order valence-corrected chi connectivity index (χ3v) is 5.35. The van der Waals surface area contributed by atoms with Crippen LogP contribution in [0.1, 0.15) is 46.1 Å². The van der Waals surface area contributed by atoms with Gasteiger partial charge in [-0.2, -0.15) is 0 Å². The largest absolute Gasteiger partial charge is 0.368 e. The fraction of sp³-hybridized carbons (Fsp3) is 0.667.